The zero-order chi connectivity index (χ0) is 19.8. The summed E-state index contributed by atoms with van der Waals surface area (Å²) in [6.07, 6.45) is 0. The molecule has 2 aromatic carbocycles. The first-order valence-electron chi connectivity index (χ1n) is 8.82. The van der Waals surface area contributed by atoms with Crippen LogP contribution in [0.1, 0.15) is 24.2 Å². The van der Waals surface area contributed by atoms with E-state index >= 15 is 0 Å². The van der Waals surface area contributed by atoms with Crippen molar-refractivity contribution in [2.75, 3.05) is 37.5 Å². The Morgan fingerprint density at radius 3 is 2.41 bits per heavy atom. The van der Waals surface area contributed by atoms with Crippen LogP contribution in [0, 0.1) is 5.92 Å². The molecule has 2 aromatic rings. The van der Waals surface area contributed by atoms with Crippen LogP contribution in [0.4, 0.5) is 11.4 Å². The molecule has 0 saturated heterocycles. The Kier molecular flexibility index (Phi) is 7.23. The Bertz CT molecular complexity index is 770. The van der Waals surface area contributed by atoms with Crippen molar-refractivity contribution in [3.63, 3.8) is 0 Å². The lowest BCUT2D eigenvalue weighted by atomic mass is 10.2. The van der Waals surface area contributed by atoms with Crippen molar-refractivity contribution in [2.24, 2.45) is 5.92 Å². The number of nitrogens with zero attached hydrogens (tertiary/aromatic N) is 1. The number of esters is 1. The third kappa shape index (κ3) is 6.66. The molecule has 1 amide bonds. The number of ether oxygens (including phenoxy) is 2. The van der Waals surface area contributed by atoms with Crippen LogP contribution in [0.2, 0.25) is 0 Å². The average Bonchev–Trinajstić information content (AvgIpc) is 2.65. The quantitative estimate of drug-likeness (QED) is 0.720. The predicted molar refractivity (Wildman–Crippen MR) is 106 cm³/mol. The van der Waals surface area contributed by atoms with E-state index in [0.29, 0.717) is 29.5 Å². The minimum atomic E-state index is -0.567. The van der Waals surface area contributed by atoms with Crippen molar-refractivity contribution in [1.82, 2.24) is 0 Å². The van der Waals surface area contributed by atoms with Gasteiger partial charge >= 0.3 is 5.97 Å². The fraction of sp³-hybridized carbons (Fsp3) is 0.333. The summed E-state index contributed by atoms with van der Waals surface area (Å²) in [6, 6.07) is 14.1. The number of benzene rings is 2. The second-order valence-electron chi connectivity index (χ2n) is 6.80. The molecule has 0 unspecified atom stereocenters. The molecule has 0 aromatic heterocycles. The first-order chi connectivity index (χ1) is 12.8. The highest BCUT2D eigenvalue weighted by molar-refractivity contribution is 5.95. The maximum absolute atomic E-state index is 12.1. The maximum Gasteiger partial charge on any atom is 0.338 e. The second kappa shape index (κ2) is 9.62. The Hall–Kier alpha value is -3.02. The van der Waals surface area contributed by atoms with Gasteiger partial charge in [-0.1, -0.05) is 19.9 Å². The molecule has 0 aliphatic rings. The minimum absolute atomic E-state index is 0.347. The number of carbonyl (C=O) groups excluding carboxylic acids is 2. The van der Waals surface area contributed by atoms with E-state index in [0.717, 1.165) is 5.69 Å². The summed E-state index contributed by atoms with van der Waals surface area (Å²) in [6.45, 7) is 4.30. The van der Waals surface area contributed by atoms with Gasteiger partial charge in [-0.2, -0.15) is 0 Å². The fourth-order valence-electron chi connectivity index (χ4n) is 2.23. The van der Waals surface area contributed by atoms with Crippen molar-refractivity contribution in [3.8, 4) is 5.75 Å². The van der Waals surface area contributed by atoms with E-state index in [4.69, 9.17) is 9.47 Å². The molecule has 0 radical (unpaired) electrons. The lowest BCUT2D eigenvalue weighted by Crippen LogP contribution is -2.21. The zero-order valence-corrected chi connectivity index (χ0v) is 16.2. The van der Waals surface area contributed by atoms with E-state index in [2.05, 4.69) is 5.32 Å². The Labute approximate surface area is 160 Å². The normalized spacial score (nSPS) is 10.4. The van der Waals surface area contributed by atoms with E-state index in [1.807, 2.05) is 45.0 Å². The molecule has 0 saturated carbocycles. The molecule has 0 aliphatic carbocycles. The Balaban J connectivity index is 1.85. The molecule has 6 nitrogen and oxygen atoms in total. The highest BCUT2D eigenvalue weighted by Gasteiger charge is 2.12. The first-order valence-corrected chi connectivity index (χ1v) is 8.82. The van der Waals surface area contributed by atoms with Gasteiger partial charge in [0.25, 0.3) is 5.91 Å². The van der Waals surface area contributed by atoms with E-state index in [-0.39, 0.29) is 6.61 Å². The van der Waals surface area contributed by atoms with Crippen molar-refractivity contribution >= 4 is 23.3 Å². The first kappa shape index (κ1) is 20.3. The molecule has 0 fully saturated rings. The van der Waals surface area contributed by atoms with Crippen LogP contribution in [0.3, 0.4) is 0 Å². The fourth-order valence-corrected chi connectivity index (χ4v) is 2.23. The molecule has 1 N–H and O–H groups in total. The molecular formula is C21H26N2O4. The van der Waals surface area contributed by atoms with Gasteiger partial charge < -0.3 is 19.7 Å². The maximum atomic E-state index is 12.1. The van der Waals surface area contributed by atoms with Crippen LogP contribution < -0.4 is 15.0 Å². The van der Waals surface area contributed by atoms with Crippen LogP contribution in [0.15, 0.2) is 48.5 Å². The highest BCUT2D eigenvalue weighted by Crippen LogP contribution is 2.16. The molecular weight excluding hydrogens is 344 g/mol. The number of rotatable bonds is 8. The third-order valence-corrected chi connectivity index (χ3v) is 3.65. The number of nitrogens with one attached hydrogen (secondary N) is 1. The molecule has 6 heteroatoms. The molecule has 27 heavy (non-hydrogen) atoms. The summed E-state index contributed by atoms with van der Waals surface area (Å²) in [5.41, 5.74) is 2.02. The lowest BCUT2D eigenvalue weighted by Gasteiger charge is -2.13. The summed E-state index contributed by atoms with van der Waals surface area (Å²) in [5, 5.41) is 2.70. The summed E-state index contributed by atoms with van der Waals surface area (Å²) in [5.74, 6) is 0.0240. The van der Waals surface area contributed by atoms with E-state index in [9.17, 15) is 9.59 Å². The van der Waals surface area contributed by atoms with E-state index in [1.54, 1.807) is 36.4 Å². The molecule has 0 bridgehead atoms. The highest BCUT2D eigenvalue weighted by atomic mass is 16.5. The number of hydrogen-bond donors (Lipinski definition) is 1. The van der Waals surface area contributed by atoms with Crippen molar-refractivity contribution in [1.29, 1.82) is 0 Å². The molecule has 0 atom stereocenters. The average molecular weight is 370 g/mol. The van der Waals surface area contributed by atoms with Gasteiger partial charge in [-0.25, -0.2) is 4.79 Å². The van der Waals surface area contributed by atoms with Gasteiger partial charge in [0, 0.05) is 25.5 Å². The van der Waals surface area contributed by atoms with Crippen molar-refractivity contribution in [3.05, 3.63) is 54.1 Å². The van der Waals surface area contributed by atoms with Crippen molar-refractivity contribution in [2.45, 2.75) is 13.8 Å². The van der Waals surface area contributed by atoms with Crippen LogP contribution >= 0.6 is 0 Å². The van der Waals surface area contributed by atoms with Gasteiger partial charge in [-0.15, -0.1) is 0 Å². The van der Waals surface area contributed by atoms with E-state index < -0.39 is 11.9 Å². The summed E-state index contributed by atoms with van der Waals surface area (Å²) < 4.78 is 10.7. The van der Waals surface area contributed by atoms with Gasteiger partial charge in [0.15, 0.2) is 6.61 Å². The molecule has 0 aliphatic heterocycles. The number of hydrogen-bond acceptors (Lipinski definition) is 5. The molecule has 2 rings (SSSR count). The van der Waals surface area contributed by atoms with Crippen LogP contribution in [0.5, 0.6) is 5.75 Å². The molecule has 0 heterocycles. The van der Waals surface area contributed by atoms with Gasteiger partial charge in [0.2, 0.25) is 0 Å². The van der Waals surface area contributed by atoms with Gasteiger partial charge in [-0.3, -0.25) is 4.79 Å². The third-order valence-electron chi connectivity index (χ3n) is 3.65. The standard InChI is InChI=1S/C21H26N2O4/c1-15(2)13-26-19-7-5-6-16(12-19)21(25)27-14-20(24)22-17-8-10-18(11-9-17)23(3)4/h5-12,15H,13-14H2,1-4H3,(H,22,24). The molecule has 144 valence electrons. The molecule has 0 spiro atoms. The van der Waals surface area contributed by atoms with Gasteiger partial charge in [-0.05, 0) is 48.4 Å². The number of amides is 1. The topological polar surface area (TPSA) is 67.9 Å². The zero-order valence-electron chi connectivity index (χ0n) is 16.2. The SMILES string of the molecule is CC(C)COc1cccc(C(=O)OCC(=O)Nc2ccc(N(C)C)cc2)c1. The monoisotopic (exact) mass is 370 g/mol. The largest absolute Gasteiger partial charge is 0.493 e. The predicted octanol–water partition coefficient (Wildman–Crippen LogP) is 3.58. The summed E-state index contributed by atoms with van der Waals surface area (Å²) in [4.78, 5) is 26.1. The Morgan fingerprint density at radius 1 is 1.07 bits per heavy atom. The minimum Gasteiger partial charge on any atom is -0.493 e. The summed E-state index contributed by atoms with van der Waals surface area (Å²) >= 11 is 0. The summed E-state index contributed by atoms with van der Waals surface area (Å²) in [7, 11) is 3.88. The second-order valence-corrected chi connectivity index (χ2v) is 6.80. The number of carbonyl (C=O) groups is 2. The van der Waals surface area contributed by atoms with Crippen LogP contribution in [0.25, 0.3) is 0 Å². The lowest BCUT2D eigenvalue weighted by molar-refractivity contribution is -0.119. The smallest absolute Gasteiger partial charge is 0.338 e. The van der Waals surface area contributed by atoms with Crippen molar-refractivity contribution < 1.29 is 19.1 Å². The van der Waals surface area contributed by atoms with Crippen LogP contribution in [-0.4, -0.2) is 39.2 Å². The number of anilines is 2. The van der Waals surface area contributed by atoms with Crippen LogP contribution in [-0.2, 0) is 9.53 Å². The van der Waals surface area contributed by atoms with E-state index in [1.165, 1.54) is 0 Å². The Morgan fingerprint density at radius 2 is 1.78 bits per heavy atom. The van der Waals surface area contributed by atoms with Gasteiger partial charge in [0.1, 0.15) is 5.75 Å². The van der Waals surface area contributed by atoms with Gasteiger partial charge in [0.05, 0.1) is 12.2 Å².